The number of rotatable bonds is 7. The van der Waals surface area contributed by atoms with Crippen molar-refractivity contribution in [3.8, 4) is 17.0 Å². The third-order valence-corrected chi connectivity index (χ3v) is 8.31. The third-order valence-electron chi connectivity index (χ3n) is 8.01. The van der Waals surface area contributed by atoms with Gasteiger partial charge in [0, 0.05) is 31.2 Å². The van der Waals surface area contributed by atoms with Crippen molar-refractivity contribution >= 4 is 23.2 Å². The molecule has 0 unspecified atom stereocenters. The summed E-state index contributed by atoms with van der Waals surface area (Å²) in [7, 11) is 2.03. The number of ether oxygens (including phenoxy) is 1. The Labute approximate surface area is 242 Å². The Balaban J connectivity index is 1.42. The fourth-order valence-electron chi connectivity index (χ4n) is 5.74. The van der Waals surface area contributed by atoms with E-state index in [1.165, 1.54) is 6.07 Å². The van der Waals surface area contributed by atoms with E-state index in [1.807, 2.05) is 55.3 Å². The number of alkyl halides is 3. The molecule has 2 aliphatic rings. The first-order valence-electron chi connectivity index (χ1n) is 13.8. The van der Waals surface area contributed by atoms with E-state index < -0.39 is 17.2 Å². The number of hydrogen-bond donors (Lipinski definition) is 1. The number of anilines is 1. The van der Waals surface area contributed by atoms with E-state index in [0.29, 0.717) is 55.4 Å². The summed E-state index contributed by atoms with van der Waals surface area (Å²) in [5, 5.41) is 12.3. The van der Waals surface area contributed by atoms with E-state index in [4.69, 9.17) is 16.3 Å². The van der Waals surface area contributed by atoms with E-state index in [0.717, 1.165) is 37.2 Å². The Bertz CT molecular complexity index is 1380. The van der Waals surface area contributed by atoms with E-state index >= 15 is 0 Å². The summed E-state index contributed by atoms with van der Waals surface area (Å²) in [6, 6.07) is 14.7. The van der Waals surface area contributed by atoms with Crippen LogP contribution in [0.3, 0.4) is 0 Å². The second-order valence-electron chi connectivity index (χ2n) is 10.7. The van der Waals surface area contributed by atoms with Crippen molar-refractivity contribution in [2.75, 3.05) is 44.7 Å². The zero-order chi connectivity index (χ0) is 29.2. The molecule has 2 fully saturated rings. The number of carbonyl (C=O) groups is 1. The normalized spacial score (nSPS) is 19.3. The number of para-hydroxylation sites is 1. The highest BCUT2D eigenvalue weighted by molar-refractivity contribution is 6.33. The van der Waals surface area contributed by atoms with E-state index in [1.54, 1.807) is 0 Å². The fourth-order valence-corrected chi connectivity index (χ4v) is 6.04. The highest BCUT2D eigenvalue weighted by Crippen LogP contribution is 2.40. The monoisotopic (exact) mass is 587 g/mol. The molecule has 1 N–H and O–H groups in total. The Hall–Kier alpha value is -3.37. The average molecular weight is 588 g/mol. The van der Waals surface area contributed by atoms with Crippen LogP contribution in [0.15, 0.2) is 54.6 Å². The van der Waals surface area contributed by atoms with Gasteiger partial charge in [0.25, 0.3) is 0 Å². The van der Waals surface area contributed by atoms with Crippen molar-refractivity contribution in [1.29, 1.82) is 0 Å². The number of nitrogens with zero attached hydrogens (tertiary/aromatic N) is 4. The van der Waals surface area contributed by atoms with Gasteiger partial charge in [0.05, 0.1) is 39.7 Å². The van der Waals surface area contributed by atoms with Gasteiger partial charge in [-0.05, 0) is 82.2 Å². The maximum Gasteiger partial charge on any atom is 0.416 e. The summed E-state index contributed by atoms with van der Waals surface area (Å²) in [4.78, 5) is 18.1. The van der Waals surface area contributed by atoms with Crippen molar-refractivity contribution in [2.45, 2.75) is 43.8 Å². The van der Waals surface area contributed by atoms with Crippen molar-refractivity contribution in [1.82, 2.24) is 20.4 Å². The first kappa shape index (κ1) is 29.1. The van der Waals surface area contributed by atoms with Crippen LogP contribution in [-0.4, -0.2) is 66.9 Å². The predicted molar refractivity (Wildman–Crippen MR) is 152 cm³/mol. The lowest BCUT2D eigenvalue weighted by Gasteiger charge is -2.41. The average Bonchev–Trinajstić information content (AvgIpc) is 3.37. The van der Waals surface area contributed by atoms with E-state index in [9.17, 15) is 18.0 Å². The number of amides is 1. The minimum atomic E-state index is -4.47. The van der Waals surface area contributed by atoms with Crippen LogP contribution < -0.4 is 15.0 Å². The quantitative estimate of drug-likeness (QED) is 0.390. The summed E-state index contributed by atoms with van der Waals surface area (Å²) in [6.45, 7) is 4.95. The second-order valence-corrected chi connectivity index (χ2v) is 11.1. The fraction of sp³-hybridized carbons (Fsp3) is 0.433. The SMILES string of the molecule is CCOc1ccccc1-c1ccc(C2(C(=O)N[C@H]3CCN(C)C3)CCN(c3ccc(C(F)(F)F)cc3Cl)CC2)nn1. The molecule has 1 amide bonds. The molecular formula is C30H33ClF3N5O2. The van der Waals surface area contributed by atoms with Gasteiger partial charge in [0.15, 0.2) is 0 Å². The Morgan fingerprint density at radius 2 is 1.85 bits per heavy atom. The number of aromatic nitrogens is 2. The zero-order valence-corrected chi connectivity index (χ0v) is 23.8. The molecule has 2 saturated heterocycles. The van der Waals surface area contributed by atoms with Crippen LogP contribution in [0.2, 0.25) is 5.02 Å². The van der Waals surface area contributed by atoms with Crippen LogP contribution >= 0.6 is 11.6 Å². The van der Waals surface area contributed by atoms with Crippen LogP contribution in [0.5, 0.6) is 5.75 Å². The van der Waals surface area contributed by atoms with Crippen molar-refractivity contribution < 1.29 is 22.7 Å². The smallest absolute Gasteiger partial charge is 0.416 e. The highest BCUT2D eigenvalue weighted by Gasteiger charge is 2.46. The van der Waals surface area contributed by atoms with Gasteiger partial charge in [-0.15, -0.1) is 0 Å². The van der Waals surface area contributed by atoms with Crippen LogP contribution in [-0.2, 0) is 16.4 Å². The molecule has 41 heavy (non-hydrogen) atoms. The summed E-state index contributed by atoms with van der Waals surface area (Å²) in [5.74, 6) is 0.601. The molecule has 0 spiro atoms. The number of likely N-dealkylation sites (tertiary alicyclic amines) is 1. The molecule has 0 saturated carbocycles. The Kier molecular flexibility index (Phi) is 8.42. The summed E-state index contributed by atoms with van der Waals surface area (Å²) in [6.07, 6.45) is -2.80. The molecule has 1 atom stereocenters. The van der Waals surface area contributed by atoms with Gasteiger partial charge in [-0.1, -0.05) is 23.7 Å². The van der Waals surface area contributed by atoms with E-state index in [-0.39, 0.29) is 17.0 Å². The van der Waals surface area contributed by atoms with Gasteiger partial charge in [-0.3, -0.25) is 4.79 Å². The zero-order valence-electron chi connectivity index (χ0n) is 23.0. The molecule has 0 radical (unpaired) electrons. The summed E-state index contributed by atoms with van der Waals surface area (Å²) < 4.78 is 45.3. The minimum Gasteiger partial charge on any atom is -0.493 e. The topological polar surface area (TPSA) is 70.6 Å². The number of carbonyl (C=O) groups excluding carboxylic acids is 1. The predicted octanol–water partition coefficient (Wildman–Crippen LogP) is 5.57. The van der Waals surface area contributed by atoms with Crippen LogP contribution in [0.4, 0.5) is 18.9 Å². The first-order valence-corrected chi connectivity index (χ1v) is 14.2. The number of halogens is 4. The van der Waals surface area contributed by atoms with Crippen LogP contribution in [0, 0.1) is 0 Å². The molecule has 2 aliphatic heterocycles. The van der Waals surface area contributed by atoms with Gasteiger partial charge in [-0.25, -0.2) is 0 Å². The first-order chi connectivity index (χ1) is 19.6. The van der Waals surface area contributed by atoms with Gasteiger partial charge in [0.2, 0.25) is 5.91 Å². The van der Waals surface area contributed by atoms with Gasteiger partial charge >= 0.3 is 6.18 Å². The Morgan fingerprint density at radius 3 is 2.46 bits per heavy atom. The van der Waals surface area contributed by atoms with Gasteiger partial charge < -0.3 is 19.9 Å². The van der Waals surface area contributed by atoms with Crippen LogP contribution in [0.25, 0.3) is 11.3 Å². The second kappa shape index (κ2) is 11.9. The minimum absolute atomic E-state index is 0.0304. The lowest BCUT2D eigenvalue weighted by molar-refractivity contribution is -0.137. The number of nitrogens with one attached hydrogen (secondary N) is 1. The lowest BCUT2D eigenvalue weighted by Crippen LogP contribution is -2.54. The van der Waals surface area contributed by atoms with E-state index in [2.05, 4.69) is 20.4 Å². The highest BCUT2D eigenvalue weighted by atomic mass is 35.5. The third kappa shape index (κ3) is 6.13. The van der Waals surface area contributed by atoms with Gasteiger partial charge in [0.1, 0.15) is 5.75 Å². The lowest BCUT2D eigenvalue weighted by atomic mass is 9.74. The molecule has 1 aromatic heterocycles. The molecular weight excluding hydrogens is 555 g/mol. The standard InChI is InChI=1S/C30H33ClF3N5O2/c1-3-41-26-7-5-4-6-22(26)24-9-11-27(37-36-24)29(28(40)35-21-12-15-38(2)19-21)13-16-39(17-14-29)25-10-8-20(18-23(25)31)30(32,33)34/h4-11,18,21H,3,12-17,19H2,1-2H3,(H,35,40)/t21-/m0/s1. The van der Waals surface area contributed by atoms with Gasteiger partial charge in [-0.2, -0.15) is 23.4 Å². The number of likely N-dealkylation sites (N-methyl/N-ethyl adjacent to an activating group) is 1. The molecule has 0 aliphatic carbocycles. The van der Waals surface area contributed by atoms with Crippen molar-refractivity contribution in [3.63, 3.8) is 0 Å². The Morgan fingerprint density at radius 1 is 1.10 bits per heavy atom. The van der Waals surface area contributed by atoms with Crippen molar-refractivity contribution in [3.05, 3.63) is 70.9 Å². The summed E-state index contributed by atoms with van der Waals surface area (Å²) >= 11 is 6.30. The maximum absolute atomic E-state index is 14.0. The molecule has 5 rings (SSSR count). The van der Waals surface area contributed by atoms with Crippen molar-refractivity contribution in [2.24, 2.45) is 0 Å². The number of benzene rings is 2. The number of piperidine rings is 1. The molecule has 11 heteroatoms. The largest absolute Gasteiger partial charge is 0.493 e. The maximum atomic E-state index is 14.0. The molecule has 218 valence electrons. The number of hydrogen-bond acceptors (Lipinski definition) is 6. The summed E-state index contributed by atoms with van der Waals surface area (Å²) in [5.41, 5.74) is 0.797. The molecule has 3 aromatic rings. The molecule has 2 aromatic carbocycles. The molecule has 7 nitrogen and oxygen atoms in total. The van der Waals surface area contributed by atoms with Crippen LogP contribution in [0.1, 0.15) is 37.4 Å². The molecule has 3 heterocycles. The molecule has 0 bridgehead atoms.